The molecule has 0 aliphatic carbocycles. The molecule has 9 heteroatoms. The third kappa shape index (κ3) is 4.09. The third-order valence-electron chi connectivity index (χ3n) is 4.23. The lowest BCUT2D eigenvalue weighted by Gasteiger charge is -2.12. The van der Waals surface area contributed by atoms with Crippen molar-refractivity contribution < 1.29 is 23.9 Å². The molecule has 0 saturated carbocycles. The van der Waals surface area contributed by atoms with E-state index in [1.165, 1.54) is 24.3 Å². The average molecular weight is 414 g/mol. The summed E-state index contributed by atoms with van der Waals surface area (Å²) in [6, 6.07) is 5.97. The fourth-order valence-electron chi connectivity index (χ4n) is 2.73. The summed E-state index contributed by atoms with van der Waals surface area (Å²) < 4.78 is 10.4. The summed E-state index contributed by atoms with van der Waals surface area (Å²) in [5.41, 5.74) is 0.787. The molecule has 0 fully saturated rings. The molecule has 29 heavy (non-hydrogen) atoms. The van der Waals surface area contributed by atoms with Crippen LogP contribution >= 0.6 is 11.3 Å². The smallest absolute Gasteiger partial charge is 0.348 e. The maximum atomic E-state index is 12.5. The number of fused-ring (bicyclic) bond motifs is 1. The van der Waals surface area contributed by atoms with Crippen molar-refractivity contribution in [3.05, 3.63) is 62.0 Å². The standard InChI is InChI=1S/C20H18N2O6S/c1-4-27-20(26)15-10(2)14-17(24)21-16(22-18(14)29-15)11(3)28-19(25)13-7-5-12(9-23)6-8-13/h5-9,11H,4H2,1-3H3,(H,21,22,24)/t11-/m0/s1. The highest BCUT2D eigenvalue weighted by atomic mass is 32.1. The highest BCUT2D eigenvalue weighted by Crippen LogP contribution is 2.28. The van der Waals surface area contributed by atoms with E-state index in [1.54, 1.807) is 20.8 Å². The molecule has 0 spiro atoms. The number of aromatic nitrogens is 2. The molecule has 2 heterocycles. The number of carbonyl (C=O) groups excluding carboxylic acids is 3. The van der Waals surface area contributed by atoms with E-state index in [4.69, 9.17) is 9.47 Å². The van der Waals surface area contributed by atoms with Gasteiger partial charge in [0.15, 0.2) is 11.9 Å². The monoisotopic (exact) mass is 414 g/mol. The first-order valence-corrected chi connectivity index (χ1v) is 9.64. The Morgan fingerprint density at radius 3 is 2.55 bits per heavy atom. The molecule has 3 aromatic rings. The summed E-state index contributed by atoms with van der Waals surface area (Å²) in [6.07, 6.45) is -0.159. The minimum Gasteiger partial charge on any atom is -0.462 e. The number of carbonyl (C=O) groups is 3. The van der Waals surface area contributed by atoms with Gasteiger partial charge in [-0.15, -0.1) is 11.3 Å². The van der Waals surface area contributed by atoms with E-state index in [2.05, 4.69) is 9.97 Å². The number of aromatic amines is 1. The summed E-state index contributed by atoms with van der Waals surface area (Å²) in [5.74, 6) is -0.962. The number of aldehydes is 1. The van der Waals surface area contributed by atoms with Gasteiger partial charge in [-0.25, -0.2) is 14.6 Å². The molecule has 0 unspecified atom stereocenters. The zero-order valence-electron chi connectivity index (χ0n) is 16.0. The molecule has 1 aromatic carbocycles. The summed E-state index contributed by atoms with van der Waals surface area (Å²) in [7, 11) is 0. The maximum absolute atomic E-state index is 12.5. The second kappa shape index (κ2) is 8.36. The maximum Gasteiger partial charge on any atom is 0.348 e. The lowest BCUT2D eigenvalue weighted by molar-refractivity contribution is 0.0319. The second-order valence-electron chi connectivity index (χ2n) is 6.20. The predicted octanol–water partition coefficient (Wildman–Crippen LogP) is 3.20. The number of thiophene rings is 1. The number of rotatable bonds is 6. The zero-order valence-corrected chi connectivity index (χ0v) is 16.8. The molecular weight excluding hydrogens is 396 g/mol. The van der Waals surface area contributed by atoms with Crippen LogP contribution in [0.5, 0.6) is 0 Å². The Kier molecular flexibility index (Phi) is 5.88. The first-order valence-electron chi connectivity index (χ1n) is 8.82. The molecule has 8 nitrogen and oxygen atoms in total. The molecule has 150 valence electrons. The van der Waals surface area contributed by atoms with Crippen LogP contribution in [0.3, 0.4) is 0 Å². The van der Waals surface area contributed by atoms with Crippen molar-refractivity contribution in [1.29, 1.82) is 0 Å². The van der Waals surface area contributed by atoms with Gasteiger partial charge in [0.05, 0.1) is 17.6 Å². The van der Waals surface area contributed by atoms with E-state index in [-0.39, 0.29) is 18.0 Å². The van der Waals surface area contributed by atoms with Crippen molar-refractivity contribution >= 4 is 39.8 Å². The van der Waals surface area contributed by atoms with Crippen LogP contribution in [0, 0.1) is 6.92 Å². The number of hydrogen-bond acceptors (Lipinski definition) is 8. The normalized spacial score (nSPS) is 11.8. The van der Waals surface area contributed by atoms with Crippen molar-refractivity contribution in [2.45, 2.75) is 26.9 Å². The Hall–Kier alpha value is -3.33. The van der Waals surface area contributed by atoms with Crippen molar-refractivity contribution in [2.75, 3.05) is 6.61 Å². The van der Waals surface area contributed by atoms with Crippen LogP contribution in [0.2, 0.25) is 0 Å². The molecule has 0 bridgehead atoms. The quantitative estimate of drug-likeness (QED) is 0.486. The van der Waals surface area contributed by atoms with Crippen LogP contribution < -0.4 is 5.56 Å². The molecule has 3 rings (SSSR count). The first-order chi connectivity index (χ1) is 13.8. The van der Waals surface area contributed by atoms with Crippen LogP contribution in [-0.2, 0) is 9.47 Å². The van der Waals surface area contributed by atoms with E-state index in [9.17, 15) is 19.2 Å². The number of hydrogen-bond donors (Lipinski definition) is 1. The molecule has 1 N–H and O–H groups in total. The first kappa shape index (κ1) is 20.4. The average Bonchev–Trinajstić information content (AvgIpc) is 3.05. The Labute approximate surface area is 169 Å². The van der Waals surface area contributed by atoms with Crippen LogP contribution in [0.15, 0.2) is 29.1 Å². The van der Waals surface area contributed by atoms with Gasteiger partial charge in [-0.05, 0) is 38.5 Å². The minimum atomic E-state index is -0.834. The molecule has 1 atom stereocenters. The lowest BCUT2D eigenvalue weighted by atomic mass is 10.1. The summed E-state index contributed by atoms with van der Waals surface area (Å²) >= 11 is 1.06. The Morgan fingerprint density at radius 1 is 1.24 bits per heavy atom. The van der Waals surface area contributed by atoms with E-state index in [0.29, 0.717) is 32.5 Å². The minimum absolute atomic E-state index is 0.164. The molecule has 0 radical (unpaired) electrons. The molecule has 0 aliphatic heterocycles. The second-order valence-corrected chi connectivity index (χ2v) is 7.19. The largest absolute Gasteiger partial charge is 0.462 e. The molecule has 2 aromatic heterocycles. The fourth-order valence-corrected chi connectivity index (χ4v) is 3.81. The van der Waals surface area contributed by atoms with Gasteiger partial charge in [0, 0.05) is 5.56 Å². The Bertz CT molecular complexity index is 1150. The van der Waals surface area contributed by atoms with Gasteiger partial charge in [0.2, 0.25) is 0 Å². The van der Waals surface area contributed by atoms with E-state index in [0.717, 1.165) is 11.3 Å². The Morgan fingerprint density at radius 2 is 1.93 bits per heavy atom. The molecule has 0 amide bonds. The summed E-state index contributed by atoms with van der Waals surface area (Å²) in [5, 5.41) is 0.310. The zero-order chi connectivity index (χ0) is 21.1. The van der Waals surface area contributed by atoms with E-state index < -0.39 is 23.6 Å². The van der Waals surface area contributed by atoms with E-state index >= 15 is 0 Å². The van der Waals surface area contributed by atoms with Gasteiger partial charge in [-0.3, -0.25) is 9.59 Å². The van der Waals surface area contributed by atoms with Gasteiger partial charge in [0.25, 0.3) is 5.56 Å². The molecular formula is C20H18N2O6S. The lowest BCUT2D eigenvalue weighted by Crippen LogP contribution is -2.17. The highest BCUT2D eigenvalue weighted by Gasteiger charge is 2.22. The van der Waals surface area contributed by atoms with Gasteiger partial charge in [0.1, 0.15) is 16.0 Å². The van der Waals surface area contributed by atoms with Crippen LogP contribution in [-0.4, -0.2) is 34.8 Å². The van der Waals surface area contributed by atoms with Crippen LogP contribution in [0.1, 0.15) is 61.7 Å². The Balaban J connectivity index is 1.88. The van der Waals surface area contributed by atoms with Gasteiger partial charge >= 0.3 is 11.9 Å². The number of nitrogens with zero attached hydrogens (tertiary/aromatic N) is 1. The number of benzene rings is 1. The van der Waals surface area contributed by atoms with Crippen LogP contribution in [0.25, 0.3) is 10.2 Å². The topological polar surface area (TPSA) is 115 Å². The molecule has 0 saturated heterocycles. The highest BCUT2D eigenvalue weighted by molar-refractivity contribution is 7.20. The van der Waals surface area contributed by atoms with Gasteiger partial charge in [-0.2, -0.15) is 0 Å². The summed E-state index contributed by atoms with van der Waals surface area (Å²) in [6.45, 7) is 5.16. The van der Waals surface area contributed by atoms with Crippen molar-refractivity contribution in [1.82, 2.24) is 9.97 Å². The SMILES string of the molecule is CCOC(=O)c1sc2nc([C@H](C)OC(=O)c3ccc(C=O)cc3)[nH]c(=O)c2c1C. The predicted molar refractivity (Wildman–Crippen MR) is 107 cm³/mol. The molecule has 0 aliphatic rings. The number of esters is 2. The van der Waals surface area contributed by atoms with Crippen molar-refractivity contribution in [2.24, 2.45) is 0 Å². The van der Waals surface area contributed by atoms with Gasteiger partial charge in [-0.1, -0.05) is 12.1 Å². The number of H-pyrrole nitrogens is 1. The number of aryl methyl sites for hydroxylation is 1. The van der Waals surface area contributed by atoms with Crippen molar-refractivity contribution in [3.8, 4) is 0 Å². The fraction of sp³-hybridized carbons (Fsp3) is 0.250. The van der Waals surface area contributed by atoms with Gasteiger partial charge < -0.3 is 14.5 Å². The van der Waals surface area contributed by atoms with Crippen LogP contribution in [0.4, 0.5) is 0 Å². The summed E-state index contributed by atoms with van der Waals surface area (Å²) in [4.78, 5) is 55.3. The third-order valence-corrected chi connectivity index (χ3v) is 5.40. The number of ether oxygens (including phenoxy) is 2. The number of nitrogens with one attached hydrogen (secondary N) is 1. The van der Waals surface area contributed by atoms with E-state index in [1.807, 2.05) is 0 Å². The van der Waals surface area contributed by atoms with Crippen molar-refractivity contribution in [3.63, 3.8) is 0 Å².